The number of nitrogens with zero attached hydrogens (tertiary/aromatic N) is 5. The SMILES string of the molecule is Cc1cc(C)nc(-n2ncc(C(=O)O)c2-n2cccc2)n1. The number of carboxylic acid groups (broad SMARTS) is 1. The lowest BCUT2D eigenvalue weighted by Crippen LogP contribution is -2.12. The Hall–Kier alpha value is -2.96. The van der Waals surface area contributed by atoms with Crippen molar-refractivity contribution in [2.24, 2.45) is 0 Å². The van der Waals surface area contributed by atoms with Crippen LogP contribution in [0.15, 0.2) is 36.8 Å². The second-order valence-electron chi connectivity index (χ2n) is 4.64. The van der Waals surface area contributed by atoms with Gasteiger partial charge in [0.15, 0.2) is 5.82 Å². The monoisotopic (exact) mass is 283 g/mol. The molecule has 7 nitrogen and oxygen atoms in total. The van der Waals surface area contributed by atoms with Crippen molar-refractivity contribution in [3.05, 3.63) is 53.7 Å². The molecule has 0 spiro atoms. The molecule has 3 aromatic rings. The maximum Gasteiger partial charge on any atom is 0.341 e. The lowest BCUT2D eigenvalue weighted by Gasteiger charge is -2.09. The summed E-state index contributed by atoms with van der Waals surface area (Å²) in [5.74, 6) is -0.296. The number of rotatable bonds is 3. The smallest absolute Gasteiger partial charge is 0.341 e. The minimum absolute atomic E-state index is 0.0916. The molecular weight excluding hydrogens is 270 g/mol. The topological polar surface area (TPSA) is 85.8 Å². The van der Waals surface area contributed by atoms with Gasteiger partial charge in [-0.15, -0.1) is 0 Å². The van der Waals surface area contributed by atoms with Crippen LogP contribution in [0, 0.1) is 13.8 Å². The predicted molar refractivity (Wildman–Crippen MR) is 74.9 cm³/mol. The molecule has 0 aliphatic carbocycles. The van der Waals surface area contributed by atoms with Gasteiger partial charge >= 0.3 is 5.97 Å². The van der Waals surface area contributed by atoms with Gasteiger partial charge in [0.2, 0.25) is 0 Å². The summed E-state index contributed by atoms with van der Waals surface area (Å²) < 4.78 is 3.11. The highest BCUT2D eigenvalue weighted by Crippen LogP contribution is 2.18. The fourth-order valence-electron chi connectivity index (χ4n) is 2.17. The lowest BCUT2D eigenvalue weighted by molar-refractivity contribution is 0.0697. The summed E-state index contributed by atoms with van der Waals surface area (Å²) in [5.41, 5.74) is 1.68. The van der Waals surface area contributed by atoms with Crippen molar-refractivity contribution in [3.8, 4) is 11.8 Å². The molecule has 3 heterocycles. The normalized spacial score (nSPS) is 10.8. The van der Waals surface area contributed by atoms with E-state index in [9.17, 15) is 9.90 Å². The molecule has 0 fully saturated rings. The van der Waals surface area contributed by atoms with Gasteiger partial charge in [-0.25, -0.2) is 14.8 Å². The van der Waals surface area contributed by atoms with Gasteiger partial charge in [0.25, 0.3) is 5.95 Å². The van der Waals surface area contributed by atoms with Crippen molar-refractivity contribution >= 4 is 5.97 Å². The second kappa shape index (κ2) is 4.86. The molecule has 0 aliphatic rings. The Morgan fingerprint density at radius 1 is 1.14 bits per heavy atom. The highest BCUT2D eigenvalue weighted by atomic mass is 16.4. The number of aromatic carboxylic acids is 1. The van der Waals surface area contributed by atoms with Crippen LogP contribution in [0.2, 0.25) is 0 Å². The third-order valence-electron chi connectivity index (χ3n) is 2.98. The number of hydrogen-bond acceptors (Lipinski definition) is 4. The summed E-state index contributed by atoms with van der Waals surface area (Å²) in [7, 11) is 0. The molecule has 0 aromatic carbocycles. The van der Waals surface area contributed by atoms with E-state index in [0.717, 1.165) is 11.4 Å². The van der Waals surface area contributed by atoms with E-state index in [-0.39, 0.29) is 5.56 Å². The van der Waals surface area contributed by atoms with Gasteiger partial charge in [0, 0.05) is 23.8 Å². The zero-order valence-electron chi connectivity index (χ0n) is 11.6. The average Bonchev–Trinajstić information content (AvgIpc) is 3.06. The minimum atomic E-state index is -1.05. The van der Waals surface area contributed by atoms with Crippen LogP contribution in [-0.2, 0) is 0 Å². The van der Waals surface area contributed by atoms with Crippen LogP contribution in [-0.4, -0.2) is 35.4 Å². The molecule has 0 unspecified atom stereocenters. The predicted octanol–water partition coefficient (Wildman–Crippen LogP) is 1.77. The van der Waals surface area contributed by atoms with Crippen LogP contribution < -0.4 is 0 Å². The van der Waals surface area contributed by atoms with E-state index in [1.807, 2.05) is 32.0 Å². The standard InChI is InChI=1S/C14H13N5O2/c1-9-7-10(2)17-14(16-9)19-12(18-5-3-4-6-18)11(8-15-19)13(20)21/h3-8H,1-2H3,(H,20,21). The van der Waals surface area contributed by atoms with Gasteiger partial charge < -0.3 is 9.67 Å². The van der Waals surface area contributed by atoms with Crippen molar-refractivity contribution in [2.45, 2.75) is 13.8 Å². The number of aryl methyl sites for hydroxylation is 2. The highest BCUT2D eigenvalue weighted by Gasteiger charge is 2.20. The Morgan fingerprint density at radius 3 is 2.33 bits per heavy atom. The number of carbonyl (C=O) groups is 1. The first-order valence-corrected chi connectivity index (χ1v) is 6.33. The van der Waals surface area contributed by atoms with E-state index < -0.39 is 5.97 Å². The Balaban J connectivity index is 2.26. The Bertz CT molecular complexity index is 785. The van der Waals surface area contributed by atoms with Crippen molar-refractivity contribution in [2.75, 3.05) is 0 Å². The lowest BCUT2D eigenvalue weighted by atomic mass is 10.3. The quantitative estimate of drug-likeness (QED) is 0.791. The number of carboxylic acids is 1. The molecule has 0 radical (unpaired) electrons. The summed E-state index contributed by atoms with van der Waals surface area (Å²) in [6, 6.07) is 5.47. The van der Waals surface area contributed by atoms with Gasteiger partial charge in [-0.1, -0.05) is 0 Å². The van der Waals surface area contributed by atoms with Crippen molar-refractivity contribution in [3.63, 3.8) is 0 Å². The highest BCUT2D eigenvalue weighted by molar-refractivity contribution is 5.91. The first kappa shape index (κ1) is 13.0. The Morgan fingerprint density at radius 2 is 1.76 bits per heavy atom. The van der Waals surface area contributed by atoms with Crippen LogP contribution in [0.3, 0.4) is 0 Å². The molecule has 0 saturated heterocycles. The average molecular weight is 283 g/mol. The van der Waals surface area contributed by atoms with E-state index >= 15 is 0 Å². The largest absolute Gasteiger partial charge is 0.477 e. The third-order valence-corrected chi connectivity index (χ3v) is 2.98. The maximum atomic E-state index is 11.4. The van der Waals surface area contributed by atoms with Gasteiger partial charge in [0.05, 0.1) is 6.20 Å². The van der Waals surface area contributed by atoms with Crippen LogP contribution in [0.1, 0.15) is 21.7 Å². The first-order chi connectivity index (χ1) is 10.1. The summed E-state index contributed by atoms with van der Waals surface area (Å²) in [4.78, 5) is 20.0. The Labute approximate surface area is 120 Å². The van der Waals surface area contributed by atoms with Crippen LogP contribution in [0.4, 0.5) is 0 Å². The fourth-order valence-corrected chi connectivity index (χ4v) is 2.17. The Kier molecular flexibility index (Phi) is 3.02. The first-order valence-electron chi connectivity index (χ1n) is 6.33. The van der Waals surface area contributed by atoms with Gasteiger partial charge in [0.1, 0.15) is 5.56 Å². The summed E-state index contributed by atoms with van der Waals surface area (Å²) in [6.45, 7) is 3.71. The van der Waals surface area contributed by atoms with E-state index in [4.69, 9.17) is 0 Å². The van der Waals surface area contributed by atoms with Gasteiger partial charge in [-0.3, -0.25) is 0 Å². The van der Waals surface area contributed by atoms with Gasteiger partial charge in [-0.2, -0.15) is 9.78 Å². The number of hydrogen-bond donors (Lipinski definition) is 1. The molecule has 0 amide bonds. The van der Waals surface area contributed by atoms with Crippen molar-refractivity contribution in [1.82, 2.24) is 24.3 Å². The van der Waals surface area contributed by atoms with Crippen LogP contribution in [0.25, 0.3) is 11.8 Å². The van der Waals surface area contributed by atoms with E-state index in [1.54, 1.807) is 17.0 Å². The number of aromatic nitrogens is 5. The van der Waals surface area contributed by atoms with E-state index in [1.165, 1.54) is 10.9 Å². The second-order valence-corrected chi connectivity index (χ2v) is 4.64. The molecule has 3 rings (SSSR count). The molecule has 3 aromatic heterocycles. The zero-order valence-corrected chi connectivity index (χ0v) is 11.6. The molecule has 7 heteroatoms. The van der Waals surface area contributed by atoms with Gasteiger partial charge in [-0.05, 0) is 32.0 Å². The molecule has 0 bridgehead atoms. The zero-order chi connectivity index (χ0) is 15.0. The van der Waals surface area contributed by atoms with Crippen LogP contribution in [0.5, 0.6) is 0 Å². The molecule has 0 atom stereocenters. The van der Waals surface area contributed by atoms with E-state index in [0.29, 0.717) is 11.8 Å². The third kappa shape index (κ3) is 2.29. The fraction of sp³-hybridized carbons (Fsp3) is 0.143. The van der Waals surface area contributed by atoms with Crippen molar-refractivity contribution < 1.29 is 9.90 Å². The molecule has 0 saturated carbocycles. The molecule has 106 valence electrons. The molecule has 1 N–H and O–H groups in total. The van der Waals surface area contributed by atoms with E-state index in [2.05, 4.69) is 15.1 Å². The molecule has 21 heavy (non-hydrogen) atoms. The van der Waals surface area contributed by atoms with Crippen LogP contribution >= 0.6 is 0 Å². The summed E-state index contributed by atoms with van der Waals surface area (Å²) >= 11 is 0. The summed E-state index contributed by atoms with van der Waals surface area (Å²) in [6.07, 6.45) is 4.81. The van der Waals surface area contributed by atoms with Crippen molar-refractivity contribution in [1.29, 1.82) is 0 Å². The minimum Gasteiger partial charge on any atom is -0.477 e. The maximum absolute atomic E-state index is 11.4. The molecular formula is C14H13N5O2. The molecule has 0 aliphatic heterocycles. The summed E-state index contributed by atoms with van der Waals surface area (Å²) in [5, 5.41) is 13.5.